The molecule has 0 saturated carbocycles. The molecule has 19 heavy (non-hydrogen) atoms. The van der Waals surface area contributed by atoms with Gasteiger partial charge in [-0.1, -0.05) is 12.1 Å². The number of anilines is 2. The third kappa shape index (κ3) is 2.47. The maximum atomic E-state index is 5.65. The lowest BCUT2D eigenvalue weighted by atomic mass is 10.1. The Kier molecular flexibility index (Phi) is 2.97. The van der Waals surface area contributed by atoms with Crippen LogP contribution in [-0.2, 0) is 6.42 Å². The zero-order valence-electron chi connectivity index (χ0n) is 10.3. The van der Waals surface area contributed by atoms with E-state index in [0.29, 0.717) is 5.65 Å². The van der Waals surface area contributed by atoms with Gasteiger partial charge in [-0.25, -0.2) is 15.0 Å². The zero-order valence-corrected chi connectivity index (χ0v) is 10.3. The highest BCUT2D eigenvalue weighted by Crippen LogP contribution is 2.14. The average Bonchev–Trinajstić information content (AvgIpc) is 2.90. The highest BCUT2D eigenvalue weighted by Gasteiger charge is 2.04. The van der Waals surface area contributed by atoms with Gasteiger partial charge in [0.25, 0.3) is 0 Å². The molecule has 0 radical (unpaired) electrons. The molecule has 0 bridgehead atoms. The highest BCUT2D eigenvalue weighted by atomic mass is 15.1. The summed E-state index contributed by atoms with van der Waals surface area (Å²) < 4.78 is 0. The molecule has 0 aliphatic rings. The molecule has 4 N–H and O–H groups in total. The topological polar surface area (TPSA) is 92.5 Å². The normalized spacial score (nSPS) is 10.7. The summed E-state index contributed by atoms with van der Waals surface area (Å²) in [5, 5.41) is 3.28. The number of nitrogen functional groups attached to an aromatic ring is 1. The van der Waals surface area contributed by atoms with Gasteiger partial charge >= 0.3 is 0 Å². The monoisotopic (exact) mass is 254 g/mol. The van der Waals surface area contributed by atoms with Crippen molar-refractivity contribution in [3.8, 4) is 0 Å². The number of imidazole rings is 1. The van der Waals surface area contributed by atoms with Crippen molar-refractivity contribution in [2.45, 2.75) is 6.42 Å². The van der Waals surface area contributed by atoms with Crippen LogP contribution in [0.2, 0.25) is 0 Å². The van der Waals surface area contributed by atoms with Crippen LogP contribution in [0.4, 0.5) is 11.5 Å². The average molecular weight is 254 g/mol. The van der Waals surface area contributed by atoms with Crippen molar-refractivity contribution in [1.29, 1.82) is 0 Å². The number of hydrogen-bond acceptors (Lipinski definition) is 5. The Morgan fingerprint density at radius 2 is 1.95 bits per heavy atom. The Hall–Kier alpha value is -2.63. The van der Waals surface area contributed by atoms with Gasteiger partial charge < -0.3 is 16.0 Å². The Morgan fingerprint density at radius 1 is 1.11 bits per heavy atom. The van der Waals surface area contributed by atoms with E-state index in [2.05, 4.69) is 25.3 Å². The second kappa shape index (κ2) is 4.93. The molecule has 2 aromatic heterocycles. The summed E-state index contributed by atoms with van der Waals surface area (Å²) in [6.07, 6.45) is 4.03. The maximum Gasteiger partial charge on any atom is 0.182 e. The smallest absolute Gasteiger partial charge is 0.182 e. The summed E-state index contributed by atoms with van der Waals surface area (Å²) in [4.78, 5) is 15.4. The quantitative estimate of drug-likeness (QED) is 0.615. The lowest BCUT2D eigenvalue weighted by Gasteiger charge is -2.06. The summed E-state index contributed by atoms with van der Waals surface area (Å²) in [6, 6.07) is 7.88. The molecule has 1 aromatic carbocycles. The van der Waals surface area contributed by atoms with Crippen molar-refractivity contribution >= 4 is 22.7 Å². The molecule has 0 saturated heterocycles. The number of benzene rings is 1. The number of aromatic nitrogens is 4. The number of hydrogen-bond donors (Lipinski definition) is 3. The third-order valence-electron chi connectivity index (χ3n) is 2.91. The first kappa shape index (κ1) is 11.5. The Labute approximate surface area is 110 Å². The van der Waals surface area contributed by atoms with Gasteiger partial charge in [0, 0.05) is 12.2 Å². The van der Waals surface area contributed by atoms with Crippen LogP contribution in [0, 0.1) is 0 Å². The standard InChI is InChI=1S/C13H14N6/c14-10-3-1-9(2-4-10)5-6-15-12-11-13(17-7-16-11)19-8-18-12/h1-4,7-8H,5-6,14H2,(H2,15,16,17,18,19). The molecule has 96 valence electrons. The lowest BCUT2D eigenvalue weighted by Crippen LogP contribution is -2.07. The fourth-order valence-electron chi connectivity index (χ4n) is 1.91. The molecule has 2 heterocycles. The third-order valence-corrected chi connectivity index (χ3v) is 2.91. The molecular weight excluding hydrogens is 240 g/mol. The van der Waals surface area contributed by atoms with Gasteiger partial charge in [-0.3, -0.25) is 0 Å². The highest BCUT2D eigenvalue weighted by molar-refractivity contribution is 5.81. The van der Waals surface area contributed by atoms with Gasteiger partial charge in [-0.2, -0.15) is 0 Å². The molecule has 0 aliphatic heterocycles. The Balaban J connectivity index is 1.66. The first-order valence-electron chi connectivity index (χ1n) is 6.05. The first-order valence-corrected chi connectivity index (χ1v) is 6.05. The number of nitrogens with zero attached hydrogens (tertiary/aromatic N) is 3. The van der Waals surface area contributed by atoms with Gasteiger partial charge in [0.2, 0.25) is 0 Å². The predicted molar refractivity (Wildman–Crippen MR) is 74.7 cm³/mol. The second-order valence-corrected chi connectivity index (χ2v) is 4.24. The van der Waals surface area contributed by atoms with Crippen LogP contribution >= 0.6 is 0 Å². The largest absolute Gasteiger partial charge is 0.399 e. The number of aromatic amines is 1. The van der Waals surface area contributed by atoms with E-state index in [-0.39, 0.29) is 0 Å². The number of nitrogens with two attached hydrogens (primary N) is 1. The van der Waals surface area contributed by atoms with E-state index in [0.717, 1.165) is 30.0 Å². The van der Waals surface area contributed by atoms with E-state index >= 15 is 0 Å². The minimum atomic E-state index is 0.671. The SMILES string of the molecule is Nc1ccc(CCNc2ncnc3nc[nH]c23)cc1. The van der Waals surface area contributed by atoms with E-state index in [9.17, 15) is 0 Å². The Morgan fingerprint density at radius 3 is 2.79 bits per heavy atom. The van der Waals surface area contributed by atoms with Crippen molar-refractivity contribution in [2.75, 3.05) is 17.6 Å². The first-order chi connectivity index (χ1) is 9.33. The second-order valence-electron chi connectivity index (χ2n) is 4.24. The molecule has 3 rings (SSSR count). The molecule has 3 aromatic rings. The van der Waals surface area contributed by atoms with Crippen molar-refractivity contribution in [3.63, 3.8) is 0 Å². The van der Waals surface area contributed by atoms with Gasteiger partial charge in [-0.15, -0.1) is 0 Å². The fourth-order valence-corrected chi connectivity index (χ4v) is 1.91. The molecule has 0 spiro atoms. The van der Waals surface area contributed by atoms with Crippen LogP contribution in [0.15, 0.2) is 36.9 Å². The summed E-state index contributed by atoms with van der Waals surface area (Å²) in [6.45, 7) is 0.787. The minimum Gasteiger partial charge on any atom is -0.399 e. The Bertz CT molecular complexity index is 673. The lowest BCUT2D eigenvalue weighted by molar-refractivity contribution is 1.00. The van der Waals surface area contributed by atoms with E-state index < -0.39 is 0 Å². The summed E-state index contributed by atoms with van der Waals surface area (Å²) in [5.41, 5.74) is 9.17. The maximum absolute atomic E-state index is 5.65. The van der Waals surface area contributed by atoms with Crippen LogP contribution in [0.1, 0.15) is 5.56 Å². The van der Waals surface area contributed by atoms with Crippen molar-refractivity contribution in [3.05, 3.63) is 42.5 Å². The molecule has 6 heteroatoms. The van der Waals surface area contributed by atoms with E-state index in [1.165, 1.54) is 11.9 Å². The van der Waals surface area contributed by atoms with Crippen LogP contribution in [-0.4, -0.2) is 26.5 Å². The van der Waals surface area contributed by atoms with Crippen molar-refractivity contribution in [2.24, 2.45) is 0 Å². The van der Waals surface area contributed by atoms with Crippen molar-refractivity contribution < 1.29 is 0 Å². The molecule has 0 unspecified atom stereocenters. The molecule has 0 atom stereocenters. The van der Waals surface area contributed by atoms with Crippen LogP contribution < -0.4 is 11.1 Å². The predicted octanol–water partition coefficient (Wildman–Crippen LogP) is 1.59. The van der Waals surface area contributed by atoms with Gasteiger partial charge in [0.1, 0.15) is 11.8 Å². The summed E-state index contributed by atoms with van der Waals surface area (Å²) >= 11 is 0. The van der Waals surface area contributed by atoms with Crippen LogP contribution in [0.3, 0.4) is 0 Å². The molecule has 0 amide bonds. The van der Waals surface area contributed by atoms with Crippen LogP contribution in [0.5, 0.6) is 0 Å². The van der Waals surface area contributed by atoms with Gasteiger partial charge in [-0.05, 0) is 24.1 Å². The molecule has 0 fully saturated rings. The fraction of sp³-hybridized carbons (Fsp3) is 0.154. The van der Waals surface area contributed by atoms with Gasteiger partial charge in [0.05, 0.1) is 6.33 Å². The zero-order chi connectivity index (χ0) is 13.1. The van der Waals surface area contributed by atoms with E-state index in [4.69, 9.17) is 5.73 Å². The van der Waals surface area contributed by atoms with E-state index in [1.54, 1.807) is 6.33 Å². The molecular formula is C13H14N6. The van der Waals surface area contributed by atoms with Crippen LogP contribution in [0.25, 0.3) is 11.2 Å². The number of fused-ring (bicyclic) bond motifs is 1. The number of H-pyrrole nitrogens is 1. The summed E-state index contributed by atoms with van der Waals surface area (Å²) in [7, 11) is 0. The van der Waals surface area contributed by atoms with Crippen molar-refractivity contribution in [1.82, 2.24) is 19.9 Å². The summed E-state index contributed by atoms with van der Waals surface area (Å²) in [5.74, 6) is 0.776. The van der Waals surface area contributed by atoms with Gasteiger partial charge in [0.15, 0.2) is 11.5 Å². The molecule has 0 aliphatic carbocycles. The minimum absolute atomic E-state index is 0.671. The molecule has 6 nitrogen and oxygen atoms in total. The number of rotatable bonds is 4. The van der Waals surface area contributed by atoms with E-state index in [1.807, 2.05) is 24.3 Å². The number of nitrogens with one attached hydrogen (secondary N) is 2.